The average Bonchev–Trinajstić information content (AvgIpc) is 3.99. The van der Waals surface area contributed by atoms with Crippen molar-refractivity contribution in [2.24, 2.45) is 0 Å². The van der Waals surface area contributed by atoms with Gasteiger partial charge in [0.25, 0.3) is 0 Å². The highest BCUT2D eigenvalue weighted by Crippen LogP contribution is 2.42. The normalized spacial score (nSPS) is 11.9. The molecule has 13 aromatic rings. The molecule has 61 heavy (non-hydrogen) atoms. The summed E-state index contributed by atoms with van der Waals surface area (Å²) in [5, 5.41) is 8.88. The van der Waals surface area contributed by atoms with E-state index in [-0.39, 0.29) is 0 Å². The van der Waals surface area contributed by atoms with Gasteiger partial charge in [0, 0.05) is 49.0 Å². The predicted octanol–water partition coefficient (Wildman–Crippen LogP) is 14.6. The zero-order valence-electron chi connectivity index (χ0n) is 32.6. The predicted molar refractivity (Wildman–Crippen MR) is 248 cm³/mol. The van der Waals surface area contributed by atoms with Crippen LogP contribution in [-0.4, -0.2) is 19.5 Å². The van der Waals surface area contributed by atoms with Crippen LogP contribution in [-0.2, 0) is 0 Å². The Morgan fingerprint density at radius 1 is 0.311 bits per heavy atom. The van der Waals surface area contributed by atoms with Crippen molar-refractivity contribution in [3.05, 3.63) is 194 Å². The molecule has 0 amide bonds. The second-order valence-electron chi connectivity index (χ2n) is 15.6. The summed E-state index contributed by atoms with van der Waals surface area (Å²) in [6.45, 7) is 0. The molecule has 0 spiro atoms. The highest BCUT2D eigenvalue weighted by atomic mass is 16.3. The monoisotopic (exact) mass is 780 g/mol. The maximum atomic E-state index is 6.59. The SMILES string of the molecule is c1ccc(-c2ccc(-c3nc(-c4ccc5c(c4)oc4ccccc45)nc(-c4cc5oc6ccccc6c5cc4-n4c5ccccc5c5cc6ccccc6cc54)n3)cc2)cc1. The van der Waals surface area contributed by atoms with Crippen molar-refractivity contribution in [1.29, 1.82) is 0 Å². The van der Waals surface area contributed by atoms with E-state index in [0.717, 1.165) is 88.4 Å². The molecule has 284 valence electrons. The van der Waals surface area contributed by atoms with Crippen molar-refractivity contribution in [2.75, 3.05) is 0 Å². The Morgan fingerprint density at radius 3 is 1.62 bits per heavy atom. The highest BCUT2D eigenvalue weighted by Gasteiger charge is 2.23. The average molecular weight is 781 g/mol. The topological polar surface area (TPSA) is 69.9 Å². The summed E-state index contributed by atoms with van der Waals surface area (Å²) in [4.78, 5) is 15.9. The number of furan rings is 2. The Balaban J connectivity index is 1.10. The second-order valence-corrected chi connectivity index (χ2v) is 15.6. The molecule has 0 fully saturated rings. The van der Waals surface area contributed by atoms with Crippen LogP contribution in [0.3, 0.4) is 0 Å². The van der Waals surface area contributed by atoms with Gasteiger partial charge in [0.2, 0.25) is 0 Å². The third kappa shape index (κ3) is 5.32. The van der Waals surface area contributed by atoms with Gasteiger partial charge >= 0.3 is 0 Å². The second kappa shape index (κ2) is 13.1. The van der Waals surface area contributed by atoms with Gasteiger partial charge in [0.15, 0.2) is 17.5 Å². The molecular formula is C55H32N4O2. The van der Waals surface area contributed by atoms with E-state index in [1.807, 2.05) is 42.5 Å². The van der Waals surface area contributed by atoms with Crippen molar-refractivity contribution in [3.63, 3.8) is 0 Å². The molecule has 4 aromatic heterocycles. The van der Waals surface area contributed by atoms with Gasteiger partial charge in [-0.15, -0.1) is 0 Å². The molecule has 6 nitrogen and oxygen atoms in total. The third-order valence-corrected chi connectivity index (χ3v) is 12.0. The first-order valence-corrected chi connectivity index (χ1v) is 20.4. The largest absolute Gasteiger partial charge is 0.456 e. The molecule has 0 unspecified atom stereocenters. The lowest BCUT2D eigenvalue weighted by atomic mass is 10.0. The number of aromatic nitrogens is 4. The highest BCUT2D eigenvalue weighted by molar-refractivity contribution is 6.15. The van der Waals surface area contributed by atoms with Crippen LogP contribution in [0.1, 0.15) is 0 Å². The van der Waals surface area contributed by atoms with E-state index in [1.54, 1.807) is 0 Å². The van der Waals surface area contributed by atoms with Crippen LogP contribution < -0.4 is 0 Å². The minimum Gasteiger partial charge on any atom is -0.456 e. The minimum atomic E-state index is 0.529. The minimum absolute atomic E-state index is 0.529. The summed E-state index contributed by atoms with van der Waals surface area (Å²) < 4.78 is 15.3. The van der Waals surface area contributed by atoms with Gasteiger partial charge in [-0.1, -0.05) is 140 Å². The molecular weight excluding hydrogens is 749 g/mol. The van der Waals surface area contributed by atoms with Gasteiger partial charge in [0.1, 0.15) is 22.3 Å². The quantitative estimate of drug-likeness (QED) is 0.174. The lowest BCUT2D eigenvalue weighted by molar-refractivity contribution is 0.668. The number of para-hydroxylation sites is 3. The van der Waals surface area contributed by atoms with Crippen LogP contribution >= 0.6 is 0 Å². The van der Waals surface area contributed by atoms with Crippen molar-refractivity contribution in [3.8, 4) is 51.0 Å². The molecule has 13 rings (SSSR count). The van der Waals surface area contributed by atoms with Crippen LogP contribution in [0.2, 0.25) is 0 Å². The van der Waals surface area contributed by atoms with Crippen LogP contribution in [0.15, 0.2) is 203 Å². The number of fused-ring (bicyclic) bond motifs is 10. The van der Waals surface area contributed by atoms with E-state index in [1.165, 1.54) is 21.5 Å². The molecule has 4 heterocycles. The number of hydrogen-bond donors (Lipinski definition) is 0. The fraction of sp³-hybridized carbons (Fsp3) is 0. The van der Waals surface area contributed by atoms with Crippen LogP contribution in [0.4, 0.5) is 0 Å². The summed E-state index contributed by atoms with van der Waals surface area (Å²) in [5.41, 5.74) is 11.1. The van der Waals surface area contributed by atoms with Gasteiger partial charge in [-0.2, -0.15) is 0 Å². The molecule has 0 saturated carbocycles. The lowest BCUT2D eigenvalue weighted by Crippen LogP contribution is -2.04. The fourth-order valence-corrected chi connectivity index (χ4v) is 9.10. The Morgan fingerprint density at radius 2 is 0.852 bits per heavy atom. The van der Waals surface area contributed by atoms with E-state index < -0.39 is 0 Å². The standard InChI is InChI=1S/C55H32N4O2/c1-2-12-33(13-3-1)34-22-24-35(25-23-34)53-56-54(38-26-27-42-40-17-7-10-20-49(40)60-51(42)30-38)58-55(57-53)45-32-52-44(41-18-8-11-21-50(41)61-52)31-48(45)59-46-19-9-6-16-39(46)43-28-36-14-4-5-15-37(36)29-47(43)59/h1-32H. The van der Waals surface area contributed by atoms with Gasteiger partial charge in [-0.05, 0) is 76.5 Å². The molecule has 0 aliphatic rings. The Labute approximate surface area is 348 Å². The maximum Gasteiger partial charge on any atom is 0.166 e. The van der Waals surface area contributed by atoms with Crippen molar-refractivity contribution >= 4 is 76.5 Å². The molecule has 0 aliphatic carbocycles. The number of hydrogen-bond acceptors (Lipinski definition) is 5. The smallest absolute Gasteiger partial charge is 0.166 e. The zero-order valence-corrected chi connectivity index (χ0v) is 32.6. The van der Waals surface area contributed by atoms with Crippen LogP contribution in [0.25, 0.3) is 127 Å². The number of rotatable bonds is 5. The van der Waals surface area contributed by atoms with Crippen molar-refractivity contribution in [1.82, 2.24) is 19.5 Å². The molecule has 0 saturated heterocycles. The number of nitrogens with zero attached hydrogens (tertiary/aromatic N) is 4. The molecule has 0 bridgehead atoms. The molecule has 0 aliphatic heterocycles. The van der Waals surface area contributed by atoms with E-state index in [0.29, 0.717) is 17.5 Å². The first-order chi connectivity index (χ1) is 30.2. The van der Waals surface area contributed by atoms with E-state index in [9.17, 15) is 0 Å². The van der Waals surface area contributed by atoms with E-state index in [4.69, 9.17) is 23.8 Å². The zero-order chi connectivity index (χ0) is 40.0. The molecule has 0 N–H and O–H groups in total. The summed E-state index contributed by atoms with van der Waals surface area (Å²) >= 11 is 0. The number of benzene rings is 9. The first kappa shape index (κ1) is 33.6. The fourth-order valence-electron chi connectivity index (χ4n) is 9.10. The molecule has 9 aromatic carbocycles. The Hall–Kier alpha value is -8.35. The van der Waals surface area contributed by atoms with E-state index >= 15 is 0 Å². The Bertz CT molecular complexity index is 3880. The summed E-state index contributed by atoms with van der Waals surface area (Å²) in [6, 6.07) is 67.5. The van der Waals surface area contributed by atoms with Gasteiger partial charge < -0.3 is 13.4 Å². The third-order valence-electron chi connectivity index (χ3n) is 12.0. The van der Waals surface area contributed by atoms with Crippen molar-refractivity contribution in [2.45, 2.75) is 0 Å². The molecule has 0 atom stereocenters. The van der Waals surface area contributed by atoms with Crippen LogP contribution in [0, 0.1) is 0 Å². The summed E-state index contributed by atoms with van der Waals surface area (Å²) in [5.74, 6) is 1.63. The van der Waals surface area contributed by atoms with Gasteiger partial charge in [-0.25, -0.2) is 15.0 Å². The van der Waals surface area contributed by atoms with Gasteiger partial charge in [-0.3, -0.25) is 0 Å². The summed E-state index contributed by atoms with van der Waals surface area (Å²) in [6.07, 6.45) is 0. The van der Waals surface area contributed by atoms with Gasteiger partial charge in [0.05, 0.1) is 16.7 Å². The first-order valence-electron chi connectivity index (χ1n) is 20.4. The molecule has 6 heteroatoms. The lowest BCUT2D eigenvalue weighted by Gasteiger charge is -2.15. The summed E-state index contributed by atoms with van der Waals surface area (Å²) in [7, 11) is 0. The molecule has 0 radical (unpaired) electrons. The Kier molecular flexibility index (Phi) is 7.21. The van der Waals surface area contributed by atoms with Crippen LogP contribution in [0.5, 0.6) is 0 Å². The van der Waals surface area contributed by atoms with E-state index in [2.05, 4.69) is 156 Å². The maximum absolute atomic E-state index is 6.59. The van der Waals surface area contributed by atoms with Crippen molar-refractivity contribution < 1.29 is 8.83 Å².